The summed E-state index contributed by atoms with van der Waals surface area (Å²) in [4.78, 5) is 12.3. The minimum Gasteiger partial charge on any atom is -0.376 e. The fraction of sp³-hybridized carbons (Fsp3) is 0.318. The minimum absolute atomic E-state index is 0.0479. The molecule has 156 valence electrons. The molecule has 0 saturated carbocycles. The quantitative estimate of drug-likeness (QED) is 0.553. The molecular weight excluding hydrogens is 420 g/mol. The molecule has 1 amide bonds. The molecule has 1 aromatic heterocycles. The zero-order valence-electron chi connectivity index (χ0n) is 16.7. The Morgan fingerprint density at radius 2 is 2.03 bits per heavy atom. The third-order valence-electron chi connectivity index (χ3n) is 4.92. The van der Waals surface area contributed by atoms with Crippen molar-refractivity contribution < 1.29 is 9.53 Å². The number of nitrogens with one attached hydrogen (secondary N) is 1. The molecule has 1 saturated heterocycles. The number of aromatic nitrogens is 3. The second-order valence-electron chi connectivity index (χ2n) is 7.18. The fourth-order valence-electron chi connectivity index (χ4n) is 3.32. The number of benzene rings is 2. The average molecular weight is 443 g/mol. The predicted molar refractivity (Wildman–Crippen MR) is 119 cm³/mol. The van der Waals surface area contributed by atoms with Crippen LogP contribution in [0, 0.1) is 6.92 Å². The highest BCUT2D eigenvalue weighted by molar-refractivity contribution is 7.99. The Hall–Kier alpha value is -2.35. The maximum atomic E-state index is 12.3. The van der Waals surface area contributed by atoms with Gasteiger partial charge in [0.1, 0.15) is 0 Å². The van der Waals surface area contributed by atoms with Gasteiger partial charge in [-0.1, -0.05) is 53.2 Å². The first-order valence-electron chi connectivity index (χ1n) is 9.90. The SMILES string of the molecule is Cc1ccc(-n2c(SCC(=O)NC[C@@H]3CCCO3)nnc2-c2ccccc2Cl)cc1. The molecule has 0 bridgehead atoms. The first-order chi connectivity index (χ1) is 14.6. The third-order valence-corrected chi connectivity index (χ3v) is 6.18. The van der Waals surface area contributed by atoms with Crippen LogP contribution in [-0.2, 0) is 9.53 Å². The fourth-order valence-corrected chi connectivity index (χ4v) is 4.32. The maximum absolute atomic E-state index is 12.3. The number of carbonyl (C=O) groups excluding carboxylic acids is 1. The van der Waals surface area contributed by atoms with E-state index in [2.05, 4.69) is 15.5 Å². The van der Waals surface area contributed by atoms with Crippen molar-refractivity contribution in [3.05, 3.63) is 59.1 Å². The number of halogens is 1. The van der Waals surface area contributed by atoms with Crippen LogP contribution in [-0.4, -0.2) is 45.7 Å². The highest BCUT2D eigenvalue weighted by Gasteiger charge is 2.20. The van der Waals surface area contributed by atoms with Crippen LogP contribution in [0.5, 0.6) is 0 Å². The Morgan fingerprint density at radius 1 is 1.23 bits per heavy atom. The molecule has 1 N–H and O–H groups in total. The highest BCUT2D eigenvalue weighted by Crippen LogP contribution is 2.31. The van der Waals surface area contributed by atoms with Crippen LogP contribution < -0.4 is 5.32 Å². The van der Waals surface area contributed by atoms with Gasteiger partial charge in [-0.3, -0.25) is 9.36 Å². The van der Waals surface area contributed by atoms with E-state index >= 15 is 0 Å². The summed E-state index contributed by atoms with van der Waals surface area (Å²) in [7, 11) is 0. The Labute approximate surface area is 185 Å². The van der Waals surface area contributed by atoms with E-state index in [-0.39, 0.29) is 17.8 Å². The standard InChI is InChI=1S/C22H23ClN4O2S/c1-15-8-10-16(11-9-15)27-21(18-6-2-3-7-19(18)23)25-26-22(27)30-14-20(28)24-13-17-5-4-12-29-17/h2-3,6-11,17H,4-5,12-14H2,1H3,(H,24,28)/t17-/m0/s1. The normalized spacial score (nSPS) is 16.0. The van der Waals surface area contributed by atoms with Gasteiger partial charge in [0.05, 0.1) is 16.9 Å². The molecule has 1 fully saturated rings. The first-order valence-corrected chi connectivity index (χ1v) is 11.3. The zero-order valence-corrected chi connectivity index (χ0v) is 18.2. The number of hydrogen-bond donors (Lipinski definition) is 1. The summed E-state index contributed by atoms with van der Waals surface area (Å²) >= 11 is 7.77. The van der Waals surface area contributed by atoms with Gasteiger partial charge in [0.25, 0.3) is 0 Å². The number of nitrogens with zero attached hydrogens (tertiary/aromatic N) is 3. The molecule has 0 radical (unpaired) electrons. The molecule has 2 aromatic carbocycles. The lowest BCUT2D eigenvalue weighted by molar-refractivity contribution is -0.119. The van der Waals surface area contributed by atoms with E-state index in [1.165, 1.54) is 11.8 Å². The van der Waals surface area contributed by atoms with Gasteiger partial charge in [-0.25, -0.2) is 0 Å². The smallest absolute Gasteiger partial charge is 0.230 e. The molecule has 30 heavy (non-hydrogen) atoms. The van der Waals surface area contributed by atoms with Crippen molar-refractivity contribution in [2.75, 3.05) is 18.9 Å². The lowest BCUT2D eigenvalue weighted by Gasteiger charge is -2.12. The van der Waals surface area contributed by atoms with E-state index in [0.29, 0.717) is 22.5 Å². The van der Waals surface area contributed by atoms with Gasteiger partial charge in [-0.15, -0.1) is 10.2 Å². The molecule has 0 unspecified atom stereocenters. The van der Waals surface area contributed by atoms with Gasteiger partial charge < -0.3 is 10.1 Å². The minimum atomic E-state index is -0.0479. The van der Waals surface area contributed by atoms with Crippen molar-refractivity contribution in [3.63, 3.8) is 0 Å². The van der Waals surface area contributed by atoms with Gasteiger partial charge in [-0.05, 0) is 44.0 Å². The zero-order chi connectivity index (χ0) is 20.9. The monoisotopic (exact) mass is 442 g/mol. The van der Waals surface area contributed by atoms with Gasteiger partial charge in [0.2, 0.25) is 5.91 Å². The molecule has 1 aliphatic rings. The van der Waals surface area contributed by atoms with Crippen LogP contribution in [0.1, 0.15) is 18.4 Å². The molecule has 1 atom stereocenters. The number of hydrogen-bond acceptors (Lipinski definition) is 5. The molecule has 0 spiro atoms. The molecule has 2 heterocycles. The molecule has 6 nitrogen and oxygen atoms in total. The van der Waals surface area contributed by atoms with Crippen molar-refractivity contribution in [2.45, 2.75) is 31.0 Å². The highest BCUT2D eigenvalue weighted by atomic mass is 35.5. The van der Waals surface area contributed by atoms with Gasteiger partial charge in [0, 0.05) is 24.4 Å². The summed E-state index contributed by atoms with van der Waals surface area (Å²) in [6, 6.07) is 15.6. The summed E-state index contributed by atoms with van der Waals surface area (Å²) < 4.78 is 7.50. The van der Waals surface area contributed by atoms with E-state index in [1.807, 2.05) is 60.0 Å². The van der Waals surface area contributed by atoms with Crippen LogP contribution in [0.2, 0.25) is 5.02 Å². The van der Waals surface area contributed by atoms with Gasteiger partial charge in [-0.2, -0.15) is 0 Å². The van der Waals surface area contributed by atoms with Crippen LogP contribution in [0.15, 0.2) is 53.7 Å². The summed E-state index contributed by atoms with van der Waals surface area (Å²) in [5.74, 6) is 0.846. The Morgan fingerprint density at radius 3 is 2.77 bits per heavy atom. The number of amides is 1. The molecule has 3 aromatic rings. The Kier molecular flexibility index (Phi) is 6.72. The van der Waals surface area contributed by atoms with Gasteiger partial charge >= 0.3 is 0 Å². The average Bonchev–Trinajstić information content (AvgIpc) is 3.42. The van der Waals surface area contributed by atoms with E-state index in [0.717, 1.165) is 36.3 Å². The van der Waals surface area contributed by atoms with Crippen LogP contribution >= 0.6 is 23.4 Å². The number of thioether (sulfide) groups is 1. The first kappa shape index (κ1) is 20.9. The second kappa shape index (κ2) is 9.64. The number of aryl methyl sites for hydroxylation is 1. The molecular formula is C22H23ClN4O2S. The van der Waals surface area contributed by atoms with Crippen LogP contribution in [0.25, 0.3) is 17.1 Å². The maximum Gasteiger partial charge on any atom is 0.230 e. The summed E-state index contributed by atoms with van der Waals surface area (Å²) in [5, 5.41) is 12.9. The van der Waals surface area contributed by atoms with Crippen molar-refractivity contribution in [2.24, 2.45) is 0 Å². The van der Waals surface area contributed by atoms with Crippen molar-refractivity contribution in [1.82, 2.24) is 20.1 Å². The van der Waals surface area contributed by atoms with E-state index in [4.69, 9.17) is 16.3 Å². The van der Waals surface area contributed by atoms with Crippen LogP contribution in [0.3, 0.4) is 0 Å². The van der Waals surface area contributed by atoms with Crippen molar-refractivity contribution >= 4 is 29.3 Å². The van der Waals surface area contributed by atoms with Crippen molar-refractivity contribution in [3.8, 4) is 17.1 Å². The largest absolute Gasteiger partial charge is 0.376 e. The topological polar surface area (TPSA) is 69.0 Å². The summed E-state index contributed by atoms with van der Waals surface area (Å²) in [6.45, 7) is 3.37. The number of ether oxygens (including phenoxy) is 1. The molecule has 1 aliphatic heterocycles. The second-order valence-corrected chi connectivity index (χ2v) is 8.53. The Balaban J connectivity index is 1.56. The van der Waals surface area contributed by atoms with Gasteiger partial charge in [0.15, 0.2) is 11.0 Å². The molecule has 4 rings (SSSR count). The lowest BCUT2D eigenvalue weighted by Crippen LogP contribution is -2.32. The van der Waals surface area contributed by atoms with E-state index in [9.17, 15) is 4.79 Å². The van der Waals surface area contributed by atoms with Crippen molar-refractivity contribution in [1.29, 1.82) is 0 Å². The summed E-state index contributed by atoms with van der Waals surface area (Å²) in [5.41, 5.74) is 2.87. The number of rotatable bonds is 7. The van der Waals surface area contributed by atoms with E-state index < -0.39 is 0 Å². The predicted octanol–water partition coefficient (Wildman–Crippen LogP) is 4.28. The molecule has 8 heteroatoms. The Bertz CT molecular complexity index is 1020. The molecule has 0 aliphatic carbocycles. The lowest BCUT2D eigenvalue weighted by atomic mass is 10.2. The summed E-state index contributed by atoms with van der Waals surface area (Å²) in [6.07, 6.45) is 2.18. The van der Waals surface area contributed by atoms with E-state index in [1.54, 1.807) is 0 Å². The number of carbonyl (C=O) groups is 1. The third kappa shape index (κ3) is 4.86. The van der Waals surface area contributed by atoms with Crippen LogP contribution in [0.4, 0.5) is 0 Å².